The molecule has 0 radical (unpaired) electrons. The number of anilines is 1. The lowest BCUT2D eigenvalue weighted by molar-refractivity contribution is 0.0947. The van der Waals surface area contributed by atoms with Gasteiger partial charge in [-0.05, 0) is 32.0 Å². The molecule has 1 saturated heterocycles. The lowest BCUT2D eigenvalue weighted by atomic mass is 10.1. The van der Waals surface area contributed by atoms with Crippen LogP contribution in [-0.4, -0.2) is 43.8 Å². The topological polar surface area (TPSA) is 76.8 Å². The maximum absolute atomic E-state index is 12.2. The molecule has 1 aromatic carbocycles. The molecule has 1 fully saturated rings. The van der Waals surface area contributed by atoms with Gasteiger partial charge in [0, 0.05) is 24.8 Å². The van der Waals surface area contributed by atoms with Gasteiger partial charge in [-0.1, -0.05) is 6.42 Å². The van der Waals surface area contributed by atoms with Crippen LogP contribution in [0.5, 0.6) is 11.5 Å². The van der Waals surface area contributed by atoms with Crippen LogP contribution in [-0.2, 0) is 0 Å². The van der Waals surface area contributed by atoms with Gasteiger partial charge in [0.05, 0.1) is 5.56 Å². The fourth-order valence-electron chi connectivity index (χ4n) is 2.76. The first-order chi connectivity index (χ1) is 10.2. The smallest absolute Gasteiger partial charge is 0.253 e. The number of hydrogen-bond acceptors (Lipinski definition) is 5. The molecule has 6 heteroatoms. The van der Waals surface area contributed by atoms with Gasteiger partial charge in [-0.2, -0.15) is 0 Å². The van der Waals surface area contributed by atoms with Gasteiger partial charge >= 0.3 is 0 Å². The molecule has 1 aromatic rings. The summed E-state index contributed by atoms with van der Waals surface area (Å²) in [4.78, 5) is 14.6. The fourth-order valence-corrected chi connectivity index (χ4v) is 2.76. The predicted molar refractivity (Wildman–Crippen MR) is 79.6 cm³/mol. The number of likely N-dealkylation sites (tertiary alicyclic amines) is 1. The highest BCUT2D eigenvalue weighted by molar-refractivity contribution is 6.00. The Balaban J connectivity index is 1.55. The number of benzene rings is 1. The van der Waals surface area contributed by atoms with Crippen molar-refractivity contribution in [2.24, 2.45) is 0 Å². The molecule has 2 aliphatic rings. The average Bonchev–Trinajstić information content (AvgIpc) is 2.94. The summed E-state index contributed by atoms with van der Waals surface area (Å²) in [5.41, 5.74) is 6.76. The Kier molecular flexibility index (Phi) is 4.15. The van der Waals surface area contributed by atoms with E-state index in [1.54, 1.807) is 12.1 Å². The Morgan fingerprint density at radius 1 is 1.19 bits per heavy atom. The molecule has 2 aliphatic heterocycles. The van der Waals surface area contributed by atoms with E-state index in [0.29, 0.717) is 29.3 Å². The number of carbonyl (C=O) groups is 1. The van der Waals surface area contributed by atoms with Crippen molar-refractivity contribution >= 4 is 11.6 Å². The molecule has 114 valence electrons. The van der Waals surface area contributed by atoms with Crippen LogP contribution in [0.2, 0.25) is 0 Å². The van der Waals surface area contributed by atoms with Crippen LogP contribution in [0.4, 0.5) is 5.69 Å². The number of nitrogens with zero attached hydrogens (tertiary/aromatic N) is 1. The number of ether oxygens (including phenoxy) is 2. The lowest BCUT2D eigenvalue weighted by Gasteiger charge is -2.26. The first-order valence-electron chi connectivity index (χ1n) is 7.44. The summed E-state index contributed by atoms with van der Waals surface area (Å²) in [6.45, 7) is 3.95. The highest BCUT2D eigenvalue weighted by atomic mass is 16.7. The minimum Gasteiger partial charge on any atom is -0.454 e. The Bertz CT molecular complexity index is 527. The zero-order valence-electron chi connectivity index (χ0n) is 12.1. The Morgan fingerprint density at radius 3 is 2.67 bits per heavy atom. The molecule has 1 amide bonds. The number of piperidine rings is 1. The Morgan fingerprint density at radius 2 is 1.90 bits per heavy atom. The molecule has 0 spiro atoms. The number of rotatable bonds is 4. The van der Waals surface area contributed by atoms with E-state index in [1.807, 2.05) is 0 Å². The van der Waals surface area contributed by atoms with E-state index >= 15 is 0 Å². The Labute approximate surface area is 124 Å². The summed E-state index contributed by atoms with van der Waals surface area (Å²) in [7, 11) is 0. The van der Waals surface area contributed by atoms with Gasteiger partial charge in [0.2, 0.25) is 6.79 Å². The van der Waals surface area contributed by atoms with Gasteiger partial charge in [-0.25, -0.2) is 0 Å². The molecule has 0 aromatic heterocycles. The minimum atomic E-state index is -0.164. The summed E-state index contributed by atoms with van der Waals surface area (Å²) in [6, 6.07) is 3.29. The molecule has 3 rings (SSSR count). The number of nitrogens with two attached hydrogens (primary N) is 1. The van der Waals surface area contributed by atoms with Gasteiger partial charge in [-0.3, -0.25) is 4.79 Å². The van der Waals surface area contributed by atoms with E-state index in [1.165, 1.54) is 19.3 Å². The van der Waals surface area contributed by atoms with Crippen LogP contribution in [0.3, 0.4) is 0 Å². The van der Waals surface area contributed by atoms with Gasteiger partial charge in [-0.15, -0.1) is 0 Å². The summed E-state index contributed by atoms with van der Waals surface area (Å²) in [5.74, 6) is 1.01. The molecule has 0 bridgehead atoms. The number of nitrogen functional groups attached to an aromatic ring is 1. The molecule has 0 aliphatic carbocycles. The van der Waals surface area contributed by atoms with Crippen LogP contribution in [0.15, 0.2) is 12.1 Å². The van der Waals surface area contributed by atoms with E-state index in [-0.39, 0.29) is 12.7 Å². The molecule has 0 saturated carbocycles. The van der Waals surface area contributed by atoms with Crippen molar-refractivity contribution in [1.29, 1.82) is 0 Å². The van der Waals surface area contributed by atoms with Crippen molar-refractivity contribution in [2.45, 2.75) is 19.3 Å². The summed E-state index contributed by atoms with van der Waals surface area (Å²) in [5, 5.41) is 2.92. The summed E-state index contributed by atoms with van der Waals surface area (Å²) < 4.78 is 10.5. The van der Waals surface area contributed by atoms with Crippen LogP contribution >= 0.6 is 0 Å². The molecule has 0 atom stereocenters. The van der Waals surface area contributed by atoms with Crippen LogP contribution < -0.4 is 20.5 Å². The van der Waals surface area contributed by atoms with Crippen molar-refractivity contribution in [3.8, 4) is 11.5 Å². The molecule has 6 nitrogen and oxygen atoms in total. The standard InChI is InChI=1S/C15H21N3O3/c16-12-9-14-13(20-10-21-14)8-11(12)15(19)17-4-7-18-5-2-1-3-6-18/h8-9H,1-7,10,16H2,(H,17,19). The third-order valence-corrected chi connectivity index (χ3v) is 3.95. The van der Waals surface area contributed by atoms with Crippen molar-refractivity contribution < 1.29 is 14.3 Å². The van der Waals surface area contributed by atoms with Gasteiger partial charge in [0.15, 0.2) is 11.5 Å². The van der Waals surface area contributed by atoms with Crippen molar-refractivity contribution in [1.82, 2.24) is 10.2 Å². The molecule has 3 N–H and O–H groups in total. The quantitative estimate of drug-likeness (QED) is 0.816. The lowest BCUT2D eigenvalue weighted by Crippen LogP contribution is -2.37. The molecule has 0 unspecified atom stereocenters. The first-order valence-corrected chi connectivity index (χ1v) is 7.44. The second kappa shape index (κ2) is 6.22. The average molecular weight is 291 g/mol. The SMILES string of the molecule is Nc1cc2c(cc1C(=O)NCCN1CCCCC1)OCO2. The van der Waals surface area contributed by atoms with Gasteiger partial charge in [0.25, 0.3) is 5.91 Å². The zero-order valence-corrected chi connectivity index (χ0v) is 12.1. The molecular weight excluding hydrogens is 270 g/mol. The monoisotopic (exact) mass is 291 g/mol. The molecular formula is C15H21N3O3. The fraction of sp³-hybridized carbons (Fsp3) is 0.533. The summed E-state index contributed by atoms with van der Waals surface area (Å²) in [6.07, 6.45) is 3.82. The zero-order chi connectivity index (χ0) is 14.7. The van der Waals surface area contributed by atoms with Gasteiger partial charge in [0.1, 0.15) is 0 Å². The van der Waals surface area contributed by atoms with Crippen molar-refractivity contribution in [3.63, 3.8) is 0 Å². The third-order valence-electron chi connectivity index (χ3n) is 3.95. The van der Waals surface area contributed by atoms with Crippen LogP contribution in [0.25, 0.3) is 0 Å². The molecule has 21 heavy (non-hydrogen) atoms. The number of fused-ring (bicyclic) bond motifs is 1. The highest BCUT2D eigenvalue weighted by Crippen LogP contribution is 2.35. The number of nitrogens with one attached hydrogen (secondary N) is 1. The molecule has 2 heterocycles. The second-order valence-electron chi connectivity index (χ2n) is 5.45. The highest BCUT2D eigenvalue weighted by Gasteiger charge is 2.19. The maximum Gasteiger partial charge on any atom is 0.253 e. The Hall–Kier alpha value is -1.95. The van der Waals surface area contributed by atoms with Crippen molar-refractivity contribution in [3.05, 3.63) is 17.7 Å². The van der Waals surface area contributed by atoms with E-state index in [9.17, 15) is 4.79 Å². The normalized spacial score (nSPS) is 17.7. The van der Waals surface area contributed by atoms with E-state index in [2.05, 4.69) is 10.2 Å². The van der Waals surface area contributed by atoms with Crippen molar-refractivity contribution in [2.75, 3.05) is 38.7 Å². The van der Waals surface area contributed by atoms with Crippen LogP contribution in [0.1, 0.15) is 29.6 Å². The van der Waals surface area contributed by atoms with E-state index in [0.717, 1.165) is 19.6 Å². The van der Waals surface area contributed by atoms with Crippen LogP contribution in [0, 0.1) is 0 Å². The maximum atomic E-state index is 12.2. The number of carbonyl (C=O) groups excluding carboxylic acids is 1. The minimum absolute atomic E-state index is 0.164. The largest absolute Gasteiger partial charge is 0.454 e. The number of amides is 1. The number of hydrogen-bond donors (Lipinski definition) is 2. The predicted octanol–water partition coefficient (Wildman–Crippen LogP) is 1.21. The van der Waals surface area contributed by atoms with Gasteiger partial charge < -0.3 is 25.4 Å². The van der Waals surface area contributed by atoms with E-state index < -0.39 is 0 Å². The van der Waals surface area contributed by atoms with E-state index in [4.69, 9.17) is 15.2 Å². The first kappa shape index (κ1) is 14.0. The third kappa shape index (κ3) is 3.21. The second-order valence-corrected chi connectivity index (χ2v) is 5.45. The summed E-state index contributed by atoms with van der Waals surface area (Å²) >= 11 is 0.